The lowest BCUT2D eigenvalue weighted by Gasteiger charge is -2.24. The zero-order valence-electron chi connectivity index (χ0n) is 12.4. The van der Waals surface area contributed by atoms with Crippen LogP contribution in [0, 0.1) is 6.92 Å². The third-order valence-corrected chi connectivity index (χ3v) is 3.98. The SMILES string of the molecule is Cc1c(Cl)nc(C(C)(C)C)nc1N(C)Cc1cscn1. The fourth-order valence-electron chi connectivity index (χ4n) is 1.82. The van der Waals surface area contributed by atoms with Crippen LogP contribution in [-0.2, 0) is 12.0 Å². The van der Waals surface area contributed by atoms with E-state index < -0.39 is 0 Å². The molecule has 2 aromatic heterocycles. The van der Waals surface area contributed by atoms with E-state index in [0.717, 1.165) is 22.9 Å². The summed E-state index contributed by atoms with van der Waals surface area (Å²) in [6.45, 7) is 8.90. The van der Waals surface area contributed by atoms with Crippen molar-refractivity contribution in [3.05, 3.63) is 33.1 Å². The Balaban J connectivity index is 2.37. The zero-order chi connectivity index (χ0) is 14.9. The van der Waals surface area contributed by atoms with Crippen LogP contribution in [0.4, 0.5) is 5.82 Å². The Morgan fingerprint density at radius 3 is 2.55 bits per heavy atom. The smallest absolute Gasteiger partial charge is 0.137 e. The van der Waals surface area contributed by atoms with Gasteiger partial charge in [0.15, 0.2) is 0 Å². The Morgan fingerprint density at radius 1 is 1.30 bits per heavy atom. The molecule has 0 fully saturated rings. The molecule has 108 valence electrons. The summed E-state index contributed by atoms with van der Waals surface area (Å²) in [7, 11) is 2.00. The molecule has 20 heavy (non-hydrogen) atoms. The third-order valence-electron chi connectivity index (χ3n) is 2.98. The molecular formula is C14H19ClN4S. The highest BCUT2D eigenvalue weighted by Gasteiger charge is 2.22. The zero-order valence-corrected chi connectivity index (χ0v) is 14.0. The molecule has 6 heteroatoms. The Morgan fingerprint density at radius 2 is 2.00 bits per heavy atom. The van der Waals surface area contributed by atoms with Gasteiger partial charge in [-0.15, -0.1) is 11.3 Å². The molecule has 2 aromatic rings. The van der Waals surface area contributed by atoms with Crippen molar-refractivity contribution >= 4 is 28.8 Å². The van der Waals surface area contributed by atoms with Crippen LogP contribution in [-0.4, -0.2) is 22.0 Å². The van der Waals surface area contributed by atoms with Crippen molar-refractivity contribution in [3.8, 4) is 0 Å². The van der Waals surface area contributed by atoms with Crippen molar-refractivity contribution in [2.24, 2.45) is 0 Å². The average Bonchev–Trinajstić information content (AvgIpc) is 2.83. The molecule has 2 heterocycles. The molecule has 0 aliphatic carbocycles. The van der Waals surface area contributed by atoms with Crippen LogP contribution in [0.25, 0.3) is 0 Å². The summed E-state index contributed by atoms with van der Waals surface area (Å²) in [5.41, 5.74) is 3.64. The van der Waals surface area contributed by atoms with Crippen molar-refractivity contribution in [2.75, 3.05) is 11.9 Å². The number of thiazole rings is 1. The number of aromatic nitrogens is 3. The van der Waals surface area contributed by atoms with Gasteiger partial charge in [0.25, 0.3) is 0 Å². The molecule has 0 amide bonds. The minimum Gasteiger partial charge on any atom is -0.353 e. The van der Waals surface area contributed by atoms with Crippen molar-refractivity contribution in [2.45, 2.75) is 39.7 Å². The van der Waals surface area contributed by atoms with Gasteiger partial charge in [-0.05, 0) is 6.92 Å². The maximum atomic E-state index is 6.26. The van der Waals surface area contributed by atoms with E-state index >= 15 is 0 Å². The highest BCUT2D eigenvalue weighted by molar-refractivity contribution is 7.07. The molecule has 0 saturated heterocycles. The van der Waals surface area contributed by atoms with Crippen LogP contribution in [0.5, 0.6) is 0 Å². The normalized spacial score (nSPS) is 11.7. The first kappa shape index (κ1) is 15.2. The fourth-order valence-corrected chi connectivity index (χ4v) is 2.53. The molecule has 0 radical (unpaired) electrons. The van der Waals surface area contributed by atoms with Gasteiger partial charge in [-0.2, -0.15) is 0 Å². The van der Waals surface area contributed by atoms with Gasteiger partial charge in [0, 0.05) is 23.4 Å². The second kappa shape index (κ2) is 5.66. The second-order valence-electron chi connectivity index (χ2n) is 5.87. The van der Waals surface area contributed by atoms with Crippen LogP contribution in [0.3, 0.4) is 0 Å². The van der Waals surface area contributed by atoms with E-state index in [1.807, 2.05) is 24.9 Å². The molecule has 0 aliphatic rings. The molecule has 4 nitrogen and oxygen atoms in total. The Labute approximate surface area is 128 Å². The van der Waals surface area contributed by atoms with E-state index in [1.165, 1.54) is 0 Å². The molecule has 0 N–H and O–H groups in total. The van der Waals surface area contributed by atoms with E-state index in [0.29, 0.717) is 11.7 Å². The van der Waals surface area contributed by atoms with E-state index in [-0.39, 0.29) is 5.41 Å². The first-order valence-electron chi connectivity index (χ1n) is 6.42. The first-order valence-corrected chi connectivity index (χ1v) is 7.74. The van der Waals surface area contributed by atoms with E-state index in [2.05, 4.69) is 35.6 Å². The van der Waals surface area contributed by atoms with Crippen LogP contribution < -0.4 is 4.90 Å². The van der Waals surface area contributed by atoms with Gasteiger partial charge in [-0.1, -0.05) is 32.4 Å². The summed E-state index contributed by atoms with van der Waals surface area (Å²) in [4.78, 5) is 15.5. The Kier molecular flexibility index (Phi) is 4.30. The van der Waals surface area contributed by atoms with Crippen molar-refractivity contribution in [1.82, 2.24) is 15.0 Å². The molecular weight excluding hydrogens is 292 g/mol. The molecule has 2 rings (SSSR count). The fraction of sp³-hybridized carbons (Fsp3) is 0.500. The van der Waals surface area contributed by atoms with Gasteiger partial charge in [0.1, 0.15) is 16.8 Å². The van der Waals surface area contributed by atoms with Gasteiger partial charge in [0.05, 0.1) is 17.7 Å². The number of hydrogen-bond donors (Lipinski definition) is 0. The Bertz CT molecular complexity index is 590. The number of rotatable bonds is 3. The first-order chi connectivity index (χ1) is 9.29. The highest BCUT2D eigenvalue weighted by Crippen LogP contribution is 2.28. The molecule has 0 aliphatic heterocycles. The van der Waals surface area contributed by atoms with Gasteiger partial charge in [-0.25, -0.2) is 15.0 Å². The second-order valence-corrected chi connectivity index (χ2v) is 6.95. The predicted octanol–water partition coefficient (Wildman–Crippen LogP) is 3.83. The largest absolute Gasteiger partial charge is 0.353 e. The summed E-state index contributed by atoms with van der Waals surface area (Å²) in [5, 5.41) is 2.56. The van der Waals surface area contributed by atoms with E-state index in [9.17, 15) is 0 Å². The van der Waals surface area contributed by atoms with E-state index in [1.54, 1.807) is 11.3 Å². The van der Waals surface area contributed by atoms with Crippen LogP contribution in [0.2, 0.25) is 5.15 Å². The molecule has 0 bridgehead atoms. The summed E-state index contributed by atoms with van der Waals surface area (Å²) in [6.07, 6.45) is 0. The lowest BCUT2D eigenvalue weighted by atomic mass is 9.95. The summed E-state index contributed by atoms with van der Waals surface area (Å²) in [6, 6.07) is 0. The van der Waals surface area contributed by atoms with Crippen LogP contribution in [0.1, 0.15) is 37.9 Å². The van der Waals surface area contributed by atoms with Crippen LogP contribution in [0.15, 0.2) is 10.9 Å². The summed E-state index contributed by atoms with van der Waals surface area (Å²) < 4.78 is 0. The number of hydrogen-bond acceptors (Lipinski definition) is 5. The topological polar surface area (TPSA) is 41.9 Å². The minimum atomic E-state index is -0.131. The van der Waals surface area contributed by atoms with Gasteiger partial charge >= 0.3 is 0 Å². The lowest BCUT2D eigenvalue weighted by Crippen LogP contribution is -2.23. The Hall–Kier alpha value is -1.20. The van der Waals surface area contributed by atoms with Crippen molar-refractivity contribution in [1.29, 1.82) is 0 Å². The molecule has 0 unspecified atom stereocenters. The third kappa shape index (κ3) is 3.27. The maximum absolute atomic E-state index is 6.26. The van der Waals surface area contributed by atoms with Crippen LogP contribution >= 0.6 is 22.9 Å². The van der Waals surface area contributed by atoms with Crippen molar-refractivity contribution in [3.63, 3.8) is 0 Å². The standard InChI is InChI=1S/C14H19ClN4S/c1-9-11(15)17-13(14(2,3)4)18-12(9)19(5)6-10-7-20-8-16-10/h7-8H,6H2,1-5H3. The molecule has 0 saturated carbocycles. The van der Waals surface area contributed by atoms with Gasteiger partial charge < -0.3 is 4.90 Å². The maximum Gasteiger partial charge on any atom is 0.137 e. The number of halogens is 1. The monoisotopic (exact) mass is 310 g/mol. The number of nitrogens with zero attached hydrogens (tertiary/aromatic N) is 4. The summed E-state index contributed by atoms with van der Waals surface area (Å²) >= 11 is 7.85. The predicted molar refractivity (Wildman–Crippen MR) is 84.7 cm³/mol. The lowest BCUT2D eigenvalue weighted by molar-refractivity contribution is 0.543. The molecule has 0 atom stereocenters. The quantitative estimate of drug-likeness (QED) is 0.808. The molecule has 0 aromatic carbocycles. The average molecular weight is 311 g/mol. The van der Waals surface area contributed by atoms with E-state index in [4.69, 9.17) is 16.6 Å². The molecule has 0 spiro atoms. The number of anilines is 1. The summed E-state index contributed by atoms with van der Waals surface area (Å²) in [5.74, 6) is 1.62. The van der Waals surface area contributed by atoms with Gasteiger partial charge in [-0.3, -0.25) is 0 Å². The highest BCUT2D eigenvalue weighted by atomic mass is 35.5. The van der Waals surface area contributed by atoms with Gasteiger partial charge in [0.2, 0.25) is 0 Å². The van der Waals surface area contributed by atoms with Crippen molar-refractivity contribution < 1.29 is 0 Å². The minimum absolute atomic E-state index is 0.131.